The van der Waals surface area contributed by atoms with Crippen LogP contribution in [0.25, 0.3) is 11.5 Å². The number of anilines is 2. The van der Waals surface area contributed by atoms with Crippen molar-refractivity contribution in [3.8, 4) is 11.5 Å². The number of nitrogens with one attached hydrogen (secondary N) is 1. The molecule has 3 aliphatic rings. The maximum Gasteiger partial charge on any atom is 0.329 e. The molecule has 1 saturated carbocycles. The van der Waals surface area contributed by atoms with Crippen LogP contribution in [-0.4, -0.2) is 56.0 Å². The van der Waals surface area contributed by atoms with Gasteiger partial charge in [-0.25, -0.2) is 19.7 Å². The number of hydrogen-bond acceptors (Lipinski definition) is 7. The molecule has 2 aliphatic heterocycles. The first-order valence-electron chi connectivity index (χ1n) is 14.5. The number of aromatic nitrogens is 4. The predicted molar refractivity (Wildman–Crippen MR) is 154 cm³/mol. The van der Waals surface area contributed by atoms with E-state index in [0.717, 1.165) is 42.7 Å². The summed E-state index contributed by atoms with van der Waals surface area (Å²) in [6.07, 6.45) is 9.19. The van der Waals surface area contributed by atoms with Crippen molar-refractivity contribution in [3.05, 3.63) is 53.5 Å². The van der Waals surface area contributed by atoms with Gasteiger partial charge in [-0.15, -0.1) is 0 Å². The molecule has 0 radical (unpaired) electrons. The molecular formula is C30H38N8O2. The summed E-state index contributed by atoms with van der Waals surface area (Å²) in [4.78, 5) is 44.8. The van der Waals surface area contributed by atoms with Gasteiger partial charge >= 0.3 is 6.03 Å². The molecule has 1 saturated heterocycles. The molecule has 6 rings (SSSR count). The molecular weight excluding hydrogens is 504 g/mol. The second-order valence-electron chi connectivity index (χ2n) is 11.4. The van der Waals surface area contributed by atoms with Crippen LogP contribution in [0.4, 0.5) is 16.4 Å². The Hall–Kier alpha value is -3.79. The Morgan fingerprint density at radius 1 is 1.05 bits per heavy atom. The lowest BCUT2D eigenvalue weighted by molar-refractivity contribution is -0.120. The number of carbonyl (C=O) groups excluding carboxylic acids is 2. The van der Waals surface area contributed by atoms with Crippen LogP contribution in [0.3, 0.4) is 0 Å². The maximum absolute atomic E-state index is 12.4. The van der Waals surface area contributed by atoms with Crippen LogP contribution < -0.4 is 15.1 Å². The summed E-state index contributed by atoms with van der Waals surface area (Å²) in [7, 11) is 2.18. The van der Waals surface area contributed by atoms with Crippen molar-refractivity contribution in [1.29, 1.82) is 0 Å². The van der Waals surface area contributed by atoms with Gasteiger partial charge in [-0.2, -0.15) is 0 Å². The van der Waals surface area contributed by atoms with Crippen LogP contribution in [0.5, 0.6) is 0 Å². The molecule has 1 N–H and O–H groups in total. The van der Waals surface area contributed by atoms with E-state index in [1.807, 2.05) is 23.8 Å². The average molecular weight is 543 g/mol. The third-order valence-corrected chi connectivity index (χ3v) is 8.69. The summed E-state index contributed by atoms with van der Waals surface area (Å²) >= 11 is 0. The number of pyridine rings is 2. The average Bonchev–Trinajstić information content (AvgIpc) is 3.56. The van der Waals surface area contributed by atoms with Gasteiger partial charge in [0.1, 0.15) is 17.3 Å². The molecule has 0 spiro atoms. The van der Waals surface area contributed by atoms with E-state index in [2.05, 4.69) is 52.3 Å². The number of nitrogens with zero attached hydrogens (tertiary/aromatic N) is 7. The first-order valence-corrected chi connectivity index (χ1v) is 14.5. The Morgan fingerprint density at radius 3 is 2.65 bits per heavy atom. The lowest BCUT2D eigenvalue weighted by atomic mass is 9.85. The highest BCUT2D eigenvalue weighted by atomic mass is 16.2. The highest BCUT2D eigenvalue weighted by Gasteiger charge is 2.29. The fourth-order valence-corrected chi connectivity index (χ4v) is 6.46. The molecule has 1 aliphatic carbocycles. The topological polar surface area (TPSA) is 99.5 Å². The molecule has 2 fully saturated rings. The third kappa shape index (κ3) is 5.08. The van der Waals surface area contributed by atoms with Crippen molar-refractivity contribution in [2.75, 3.05) is 23.4 Å². The van der Waals surface area contributed by atoms with Crippen LogP contribution in [0, 0.1) is 5.92 Å². The lowest BCUT2D eigenvalue weighted by Gasteiger charge is -2.37. The van der Waals surface area contributed by atoms with E-state index in [1.165, 1.54) is 36.8 Å². The molecule has 0 aromatic carbocycles. The van der Waals surface area contributed by atoms with Crippen molar-refractivity contribution in [2.24, 2.45) is 5.92 Å². The van der Waals surface area contributed by atoms with Crippen molar-refractivity contribution >= 4 is 23.6 Å². The molecule has 10 nitrogen and oxygen atoms in total. The van der Waals surface area contributed by atoms with Crippen LogP contribution in [-0.2, 0) is 31.0 Å². The van der Waals surface area contributed by atoms with Gasteiger partial charge in [0, 0.05) is 58.4 Å². The minimum atomic E-state index is -0.410. The highest BCUT2D eigenvalue weighted by molar-refractivity contribution is 6.05. The number of carbonyl (C=O) groups is 2. The summed E-state index contributed by atoms with van der Waals surface area (Å²) in [6.45, 7) is 7.78. The van der Waals surface area contributed by atoms with Gasteiger partial charge in [0.2, 0.25) is 5.91 Å². The number of imide groups is 1. The molecule has 0 unspecified atom stereocenters. The maximum atomic E-state index is 12.4. The van der Waals surface area contributed by atoms with Gasteiger partial charge < -0.3 is 9.47 Å². The standard InChI is InChI=1S/C30H38N8O2/c1-4-37-28(38-14-13-27(39)34-30(38)40)16-32-29(37)23-11-10-22-18-36(19-24(22)33-23)17-21-9-12-26(31-15-21)35(3)25-8-6-5-7-20(25)2/h9-12,15-16,20,25H,4-8,13-14,17-19H2,1-3H3,(H,34,39,40)/t20-,25+/m1/s1. The van der Waals surface area contributed by atoms with Gasteiger partial charge in [-0.3, -0.25) is 19.9 Å². The van der Waals surface area contributed by atoms with Crippen molar-refractivity contribution in [3.63, 3.8) is 0 Å². The zero-order valence-electron chi connectivity index (χ0n) is 23.6. The largest absolute Gasteiger partial charge is 0.356 e. The fraction of sp³-hybridized carbons (Fsp3) is 0.500. The normalized spacial score (nSPS) is 21.4. The molecule has 40 heavy (non-hydrogen) atoms. The Balaban J connectivity index is 1.13. The molecule has 3 aromatic heterocycles. The lowest BCUT2D eigenvalue weighted by Crippen LogP contribution is -2.50. The molecule has 0 bridgehead atoms. The zero-order valence-corrected chi connectivity index (χ0v) is 23.6. The molecule has 3 aromatic rings. The SMILES string of the molecule is CCn1c(N2CCC(=O)NC2=O)cnc1-c1ccc2c(n1)CN(Cc1ccc(N(C)[C@H]3CCCC[C@H]3C)nc1)C2. The van der Waals surface area contributed by atoms with Crippen molar-refractivity contribution < 1.29 is 9.59 Å². The Morgan fingerprint density at radius 2 is 1.90 bits per heavy atom. The summed E-state index contributed by atoms with van der Waals surface area (Å²) in [5.41, 5.74) is 4.27. The van der Waals surface area contributed by atoms with E-state index in [9.17, 15) is 9.59 Å². The highest BCUT2D eigenvalue weighted by Crippen LogP contribution is 2.31. The monoisotopic (exact) mass is 542 g/mol. The molecule has 5 heterocycles. The molecule has 2 atom stereocenters. The Bertz CT molecular complexity index is 1400. The van der Waals surface area contributed by atoms with Gasteiger partial charge in [-0.05, 0) is 48.9 Å². The molecule has 210 valence electrons. The summed E-state index contributed by atoms with van der Waals surface area (Å²) in [6, 6.07) is 8.68. The van der Waals surface area contributed by atoms with E-state index < -0.39 is 6.03 Å². The number of rotatable bonds is 7. The fourth-order valence-electron chi connectivity index (χ4n) is 6.46. The number of urea groups is 1. The number of fused-ring (bicyclic) bond motifs is 1. The molecule has 10 heteroatoms. The minimum Gasteiger partial charge on any atom is -0.356 e. The van der Waals surface area contributed by atoms with Crippen LogP contribution in [0.15, 0.2) is 36.7 Å². The summed E-state index contributed by atoms with van der Waals surface area (Å²) in [5.74, 6) is 2.91. The van der Waals surface area contributed by atoms with Crippen molar-refractivity contribution in [1.82, 2.24) is 29.7 Å². The van der Waals surface area contributed by atoms with E-state index in [4.69, 9.17) is 9.97 Å². The van der Waals surface area contributed by atoms with Crippen molar-refractivity contribution in [2.45, 2.75) is 78.2 Å². The second-order valence-corrected chi connectivity index (χ2v) is 11.4. The first-order chi connectivity index (χ1) is 19.4. The van der Waals surface area contributed by atoms with E-state index in [0.29, 0.717) is 30.9 Å². The predicted octanol–water partition coefficient (Wildman–Crippen LogP) is 4.34. The van der Waals surface area contributed by atoms with Gasteiger partial charge in [0.05, 0.1) is 11.9 Å². The van der Waals surface area contributed by atoms with E-state index in [1.54, 1.807) is 11.1 Å². The van der Waals surface area contributed by atoms with Gasteiger partial charge in [0.15, 0.2) is 5.82 Å². The van der Waals surface area contributed by atoms with Crippen LogP contribution >= 0.6 is 0 Å². The quantitative estimate of drug-likeness (QED) is 0.474. The van der Waals surface area contributed by atoms with E-state index in [-0.39, 0.29) is 12.3 Å². The smallest absolute Gasteiger partial charge is 0.329 e. The Labute approximate surface area is 235 Å². The number of imidazole rings is 1. The first kappa shape index (κ1) is 26.4. The van der Waals surface area contributed by atoms with Crippen LogP contribution in [0.2, 0.25) is 0 Å². The summed E-state index contributed by atoms with van der Waals surface area (Å²) in [5, 5.41) is 2.39. The van der Waals surface area contributed by atoms with Crippen LogP contribution in [0.1, 0.15) is 62.8 Å². The zero-order chi connectivity index (χ0) is 27.8. The van der Waals surface area contributed by atoms with Gasteiger partial charge in [0.25, 0.3) is 0 Å². The van der Waals surface area contributed by atoms with Gasteiger partial charge in [-0.1, -0.05) is 31.9 Å². The second kappa shape index (κ2) is 11.0. The summed E-state index contributed by atoms with van der Waals surface area (Å²) < 4.78 is 1.98. The third-order valence-electron chi connectivity index (χ3n) is 8.69. The van der Waals surface area contributed by atoms with E-state index >= 15 is 0 Å². The molecule has 3 amide bonds. The minimum absolute atomic E-state index is 0.248. The number of hydrogen-bond donors (Lipinski definition) is 1. The number of amides is 3. The Kier molecular flexibility index (Phi) is 7.27.